The molecule has 1 aliphatic carbocycles. The highest BCUT2D eigenvalue weighted by Crippen LogP contribution is 2.60. The molecular weight excluding hydrogens is 573 g/mol. The predicted molar refractivity (Wildman–Crippen MR) is 177 cm³/mol. The van der Waals surface area contributed by atoms with Gasteiger partial charge in [0.05, 0.1) is 27.6 Å². The largest absolute Gasteiger partial charge is 0.507 e. The van der Waals surface area contributed by atoms with Crippen molar-refractivity contribution in [2.24, 2.45) is 0 Å². The van der Waals surface area contributed by atoms with Gasteiger partial charge in [0.15, 0.2) is 0 Å². The normalized spacial score (nSPS) is 24.1. The van der Waals surface area contributed by atoms with E-state index in [4.69, 9.17) is 0 Å². The van der Waals surface area contributed by atoms with Crippen molar-refractivity contribution in [1.82, 2.24) is 0 Å². The zero-order valence-electron chi connectivity index (χ0n) is 27.2. The summed E-state index contributed by atoms with van der Waals surface area (Å²) in [5.41, 5.74) is 1.82. The Kier molecular flexibility index (Phi) is 5.94. The van der Waals surface area contributed by atoms with E-state index in [0.29, 0.717) is 11.1 Å². The van der Waals surface area contributed by atoms with Crippen LogP contribution in [0.1, 0.15) is 109 Å². The van der Waals surface area contributed by atoms with Crippen LogP contribution in [0.5, 0.6) is 23.0 Å². The standard InChI is InChI=1S/C36H46NO6P/c1-33(2)9-13-37-14-10-34(3,4)22-25(37)21(33)28(40)19(29(22)41)17-26(38)18(27(17)39)20-30(42)23-32-24(31(20)43)36(7,8)12-16-44(32)15-11-35(23,5)6/h38,40-44H,9-16H2,1-8H3. The average molecular weight is 620 g/mol. The summed E-state index contributed by atoms with van der Waals surface area (Å²) < 4.78 is 0. The molecule has 0 unspecified atom stereocenters. The third-order valence-electron chi connectivity index (χ3n) is 11.8. The maximum Gasteiger partial charge on any atom is 0.202 e. The van der Waals surface area contributed by atoms with Gasteiger partial charge in [0, 0.05) is 35.3 Å². The van der Waals surface area contributed by atoms with Crippen molar-refractivity contribution in [3.05, 3.63) is 43.7 Å². The fraction of sp³-hybridized carbons (Fsp3) is 0.556. The van der Waals surface area contributed by atoms with Gasteiger partial charge in [0.2, 0.25) is 5.78 Å². The second-order valence-electron chi connectivity index (χ2n) is 16.4. The number of benzene rings is 2. The summed E-state index contributed by atoms with van der Waals surface area (Å²) in [6.45, 7) is 18.2. The number of aliphatic hydroxyl groups excluding tert-OH is 1. The van der Waals surface area contributed by atoms with E-state index >= 15 is 0 Å². The number of aliphatic hydroxyl groups is 1. The number of hydrogen-bond acceptors (Lipinski definition) is 7. The lowest BCUT2D eigenvalue weighted by molar-refractivity contribution is -0.110. The summed E-state index contributed by atoms with van der Waals surface area (Å²) in [7, 11) is -0.990. The third kappa shape index (κ3) is 3.59. The van der Waals surface area contributed by atoms with Crippen LogP contribution in [0.2, 0.25) is 0 Å². The van der Waals surface area contributed by atoms with Gasteiger partial charge in [0.25, 0.3) is 0 Å². The Bertz CT molecular complexity index is 1790. The fourth-order valence-corrected chi connectivity index (χ4v) is 13.2. The van der Waals surface area contributed by atoms with E-state index in [1.165, 1.54) is 0 Å². The number of hydrogen-bond donors (Lipinski definition) is 5. The van der Waals surface area contributed by atoms with E-state index in [1.807, 2.05) is 0 Å². The molecule has 0 atom stereocenters. The Morgan fingerprint density at radius 1 is 0.591 bits per heavy atom. The van der Waals surface area contributed by atoms with Crippen molar-refractivity contribution in [1.29, 1.82) is 0 Å². The second-order valence-corrected chi connectivity index (χ2v) is 19.1. The highest BCUT2D eigenvalue weighted by atomic mass is 31.1. The number of allylic oxidation sites excluding steroid dienone is 2. The summed E-state index contributed by atoms with van der Waals surface area (Å²) >= 11 is 0. The molecule has 7 rings (SSSR count). The first-order valence-electron chi connectivity index (χ1n) is 16.0. The molecule has 2 aromatic carbocycles. The number of carbonyl (C=O) groups is 1. The van der Waals surface area contributed by atoms with E-state index in [-0.39, 0.29) is 55.8 Å². The maximum atomic E-state index is 14.2. The maximum absolute atomic E-state index is 14.2. The van der Waals surface area contributed by atoms with Crippen LogP contribution < -0.4 is 10.1 Å². The Morgan fingerprint density at radius 2 is 1.02 bits per heavy atom. The molecule has 5 N–H and O–H groups in total. The molecule has 7 nitrogen and oxygen atoms in total. The highest BCUT2D eigenvalue weighted by Gasteiger charge is 2.49. The first-order chi connectivity index (χ1) is 20.3. The first kappa shape index (κ1) is 29.6. The third-order valence-corrected chi connectivity index (χ3v) is 14.7. The molecule has 4 aliphatic heterocycles. The number of Topliss-reactive ketones (excluding diaryl/α,β-unsaturated/α-hetero) is 1. The molecule has 0 spiro atoms. The average Bonchev–Trinajstić information content (AvgIpc) is 2.90. The van der Waals surface area contributed by atoms with E-state index in [9.17, 15) is 30.3 Å². The van der Waals surface area contributed by atoms with Crippen LogP contribution in [0.3, 0.4) is 0 Å². The van der Waals surface area contributed by atoms with Crippen LogP contribution in [-0.4, -0.2) is 56.7 Å². The van der Waals surface area contributed by atoms with Gasteiger partial charge in [0.1, 0.15) is 28.8 Å². The van der Waals surface area contributed by atoms with Crippen molar-refractivity contribution in [2.45, 2.75) is 103 Å². The van der Waals surface area contributed by atoms with E-state index in [0.717, 1.165) is 72.8 Å². The molecule has 4 heterocycles. The van der Waals surface area contributed by atoms with Gasteiger partial charge < -0.3 is 30.4 Å². The topological polar surface area (TPSA) is 121 Å². The molecule has 44 heavy (non-hydrogen) atoms. The van der Waals surface area contributed by atoms with Crippen LogP contribution >= 0.6 is 7.55 Å². The lowest BCUT2D eigenvalue weighted by Crippen LogP contribution is -2.45. The van der Waals surface area contributed by atoms with Gasteiger partial charge in [-0.1, -0.05) is 55.4 Å². The number of ketones is 1. The predicted octanol–water partition coefficient (Wildman–Crippen LogP) is 6.21. The Morgan fingerprint density at radius 3 is 1.45 bits per heavy atom. The molecule has 0 fully saturated rings. The number of anilines is 1. The Hall–Kier alpha value is -3.05. The van der Waals surface area contributed by atoms with Crippen LogP contribution in [0.4, 0.5) is 5.69 Å². The summed E-state index contributed by atoms with van der Waals surface area (Å²) in [6, 6.07) is 0. The van der Waals surface area contributed by atoms with E-state index in [2.05, 4.69) is 60.3 Å². The molecule has 0 bridgehead atoms. The number of carbonyl (C=O) groups excluding carboxylic acids is 1. The van der Waals surface area contributed by atoms with Crippen molar-refractivity contribution >= 4 is 30.2 Å². The number of aromatic hydroxyl groups is 4. The molecule has 0 amide bonds. The quantitative estimate of drug-likeness (QED) is 0.241. The van der Waals surface area contributed by atoms with Crippen molar-refractivity contribution in [3.63, 3.8) is 0 Å². The fourth-order valence-electron chi connectivity index (χ4n) is 9.01. The number of phenols is 4. The summed E-state index contributed by atoms with van der Waals surface area (Å²) in [5.74, 6) is -1.67. The number of nitrogens with zero attached hydrogens (tertiary/aromatic N) is 1. The lowest BCUT2D eigenvalue weighted by Gasteiger charge is -2.49. The number of phenolic OH excluding ortho intramolecular Hbond substituents is 4. The molecule has 236 valence electrons. The molecule has 0 aromatic heterocycles. The van der Waals surface area contributed by atoms with Gasteiger partial charge in [-0.05, 0) is 64.6 Å². The minimum absolute atomic E-state index is 0.0265. The van der Waals surface area contributed by atoms with Crippen LogP contribution in [0, 0.1) is 4.94 Å². The molecule has 0 radical (unpaired) electrons. The van der Waals surface area contributed by atoms with Gasteiger partial charge in [-0.25, -0.2) is 0 Å². The van der Waals surface area contributed by atoms with Gasteiger partial charge in [-0.2, -0.15) is 0 Å². The van der Waals surface area contributed by atoms with Crippen molar-refractivity contribution < 1.29 is 30.3 Å². The monoisotopic (exact) mass is 619 g/mol. The van der Waals surface area contributed by atoms with Gasteiger partial charge >= 0.3 is 0 Å². The smallest absolute Gasteiger partial charge is 0.202 e. The Labute approximate surface area is 259 Å². The van der Waals surface area contributed by atoms with Crippen LogP contribution in [-0.2, 0) is 26.5 Å². The summed E-state index contributed by atoms with van der Waals surface area (Å²) in [6.07, 6.45) is 5.54. The molecular formula is C36H46NO6P. The molecule has 0 saturated carbocycles. The van der Waals surface area contributed by atoms with E-state index < -0.39 is 29.9 Å². The van der Waals surface area contributed by atoms with Crippen LogP contribution in [0.25, 0.3) is 11.1 Å². The minimum atomic E-state index is -0.990. The number of rotatable bonds is 1. The zero-order chi connectivity index (χ0) is 32.0. The van der Waals surface area contributed by atoms with Crippen LogP contribution in [0.15, 0.2) is 5.76 Å². The lowest BCUT2D eigenvalue weighted by atomic mass is 9.66. The second kappa shape index (κ2) is 8.81. The van der Waals surface area contributed by atoms with Gasteiger partial charge in [-0.15, -0.1) is 7.55 Å². The van der Waals surface area contributed by atoms with E-state index in [1.54, 1.807) is 0 Å². The molecule has 0 saturated heterocycles. The van der Waals surface area contributed by atoms with Gasteiger partial charge in [-0.3, -0.25) is 4.79 Å². The highest BCUT2D eigenvalue weighted by molar-refractivity contribution is 7.49. The van der Waals surface area contributed by atoms with Crippen molar-refractivity contribution in [3.8, 4) is 23.0 Å². The first-order valence-corrected chi connectivity index (χ1v) is 18.0. The molecule has 8 heteroatoms. The molecule has 5 aliphatic rings. The summed E-state index contributed by atoms with van der Waals surface area (Å²) in [4.78, 5) is 17.5. The zero-order valence-corrected chi connectivity index (χ0v) is 28.2. The Balaban J connectivity index is 1.58. The van der Waals surface area contributed by atoms with Crippen molar-refractivity contribution in [2.75, 3.05) is 30.3 Å². The minimum Gasteiger partial charge on any atom is -0.507 e. The molecule has 2 aromatic rings. The summed E-state index contributed by atoms with van der Waals surface area (Å²) in [5, 5.41) is 59.1. The SMILES string of the molecule is CC1(C)CCN2CCC(C)(C)c3c(O)c(C4=C(O)C(=c5c(O)c6c7c(c5O)C(C)(C)CC[PH]=7CCC6(C)C)C4=O)c(O)c1c32.